The number of aromatic nitrogens is 2. The molecule has 0 spiro atoms. The Hall–Kier alpha value is -1.09. The number of halogens is 5. The van der Waals surface area contributed by atoms with E-state index in [1.807, 2.05) is 22.6 Å². The maximum Gasteiger partial charge on any atom is 0.391 e. The molecule has 1 aliphatic carbocycles. The van der Waals surface area contributed by atoms with Crippen molar-refractivity contribution in [3.8, 4) is 5.69 Å². The average Bonchev–Trinajstić information content (AvgIpc) is 2.60. The van der Waals surface area contributed by atoms with Gasteiger partial charge in [0.05, 0.1) is 17.3 Å². The lowest BCUT2D eigenvalue weighted by atomic mass is 9.81. The summed E-state index contributed by atoms with van der Waals surface area (Å²) >= 11 is 7.89. The van der Waals surface area contributed by atoms with E-state index in [0.29, 0.717) is 38.6 Å². The lowest BCUT2D eigenvalue weighted by Crippen LogP contribution is -2.32. The normalized spacial score (nSPS) is 21.0. The molecule has 1 aliphatic rings. The van der Waals surface area contributed by atoms with E-state index >= 15 is 0 Å². The monoisotopic (exact) mass is 496 g/mol. The Balaban J connectivity index is 2.02. The van der Waals surface area contributed by atoms with E-state index in [1.165, 1.54) is 4.57 Å². The third-order valence-corrected chi connectivity index (χ3v) is 6.35. The van der Waals surface area contributed by atoms with Crippen molar-refractivity contribution in [2.24, 2.45) is 5.92 Å². The van der Waals surface area contributed by atoms with Crippen LogP contribution in [-0.4, -0.2) is 15.7 Å². The fourth-order valence-electron chi connectivity index (χ4n) is 3.42. The van der Waals surface area contributed by atoms with Gasteiger partial charge in [-0.3, -0.25) is 9.36 Å². The van der Waals surface area contributed by atoms with E-state index in [-0.39, 0.29) is 24.3 Å². The second-order valence-electron chi connectivity index (χ2n) is 6.58. The van der Waals surface area contributed by atoms with Crippen LogP contribution in [0.15, 0.2) is 29.1 Å². The highest BCUT2D eigenvalue weighted by atomic mass is 127. The Morgan fingerprint density at radius 1 is 1.15 bits per heavy atom. The lowest BCUT2D eigenvalue weighted by Gasteiger charge is -2.30. The van der Waals surface area contributed by atoms with Crippen molar-refractivity contribution in [1.29, 1.82) is 0 Å². The molecule has 0 radical (unpaired) electrons. The molecule has 1 saturated carbocycles. The van der Waals surface area contributed by atoms with Crippen molar-refractivity contribution < 1.29 is 13.2 Å². The minimum Gasteiger partial charge on any atom is -0.268 e. The number of rotatable bonds is 2. The van der Waals surface area contributed by atoms with Gasteiger partial charge in [0.1, 0.15) is 9.39 Å². The number of benzene rings is 1. The molecule has 1 aromatic heterocycles. The van der Waals surface area contributed by atoms with Crippen LogP contribution in [0.5, 0.6) is 0 Å². The van der Waals surface area contributed by atoms with Crippen LogP contribution in [0.4, 0.5) is 13.2 Å². The van der Waals surface area contributed by atoms with Gasteiger partial charge in [-0.05, 0) is 79.5 Å². The van der Waals surface area contributed by atoms with E-state index in [9.17, 15) is 18.0 Å². The summed E-state index contributed by atoms with van der Waals surface area (Å²) in [7, 11) is 0. The molecule has 0 aliphatic heterocycles. The van der Waals surface area contributed by atoms with E-state index in [1.54, 1.807) is 31.2 Å². The van der Waals surface area contributed by atoms with Crippen LogP contribution >= 0.6 is 34.2 Å². The Bertz CT molecular complexity index is 856. The molecular formula is C18H17ClF3IN2O. The van der Waals surface area contributed by atoms with Gasteiger partial charge in [-0.1, -0.05) is 11.6 Å². The summed E-state index contributed by atoms with van der Waals surface area (Å²) in [5, 5.41) is 0.545. The molecular weight excluding hydrogens is 480 g/mol. The van der Waals surface area contributed by atoms with Crippen molar-refractivity contribution in [2.75, 3.05) is 0 Å². The van der Waals surface area contributed by atoms with Crippen LogP contribution in [-0.2, 0) is 0 Å². The van der Waals surface area contributed by atoms with E-state index < -0.39 is 12.1 Å². The first-order chi connectivity index (χ1) is 12.2. The predicted molar refractivity (Wildman–Crippen MR) is 103 cm³/mol. The average molecular weight is 497 g/mol. The second-order valence-corrected chi connectivity index (χ2v) is 8.09. The van der Waals surface area contributed by atoms with Crippen LogP contribution in [0, 0.1) is 16.4 Å². The van der Waals surface area contributed by atoms with Crippen LogP contribution in [0.2, 0.25) is 5.02 Å². The van der Waals surface area contributed by atoms with Crippen LogP contribution in [0.1, 0.15) is 43.1 Å². The summed E-state index contributed by atoms with van der Waals surface area (Å²) in [6.45, 7) is 1.75. The zero-order valence-corrected chi connectivity index (χ0v) is 16.9. The number of hydrogen-bond donors (Lipinski definition) is 0. The zero-order valence-electron chi connectivity index (χ0n) is 14.0. The molecule has 0 N–H and O–H groups in total. The quantitative estimate of drug-likeness (QED) is 0.505. The maximum absolute atomic E-state index is 12.9. The fourth-order valence-corrected chi connectivity index (χ4v) is 3.91. The summed E-state index contributed by atoms with van der Waals surface area (Å²) in [5.74, 6) is -0.900. The van der Waals surface area contributed by atoms with E-state index in [2.05, 4.69) is 4.98 Å². The van der Waals surface area contributed by atoms with Crippen LogP contribution < -0.4 is 5.56 Å². The highest BCUT2D eigenvalue weighted by Gasteiger charge is 2.42. The molecule has 0 bridgehead atoms. The molecule has 1 fully saturated rings. The first-order valence-corrected chi connectivity index (χ1v) is 9.76. The summed E-state index contributed by atoms with van der Waals surface area (Å²) in [6, 6.07) is 6.81. The van der Waals surface area contributed by atoms with Gasteiger partial charge in [-0.25, -0.2) is 4.98 Å². The van der Waals surface area contributed by atoms with Gasteiger partial charge >= 0.3 is 6.18 Å². The summed E-state index contributed by atoms with van der Waals surface area (Å²) in [5.41, 5.74) is 1.03. The smallest absolute Gasteiger partial charge is 0.268 e. The first kappa shape index (κ1) is 19.7. The van der Waals surface area contributed by atoms with E-state index in [4.69, 9.17) is 11.6 Å². The van der Waals surface area contributed by atoms with Crippen molar-refractivity contribution in [3.63, 3.8) is 0 Å². The molecule has 0 unspecified atom stereocenters. The predicted octanol–water partition coefficient (Wildman–Crippen LogP) is 5.64. The number of hydrogen-bond acceptors (Lipinski definition) is 2. The first-order valence-electron chi connectivity index (χ1n) is 8.30. The van der Waals surface area contributed by atoms with Crippen molar-refractivity contribution in [1.82, 2.24) is 9.55 Å². The molecule has 0 amide bonds. The van der Waals surface area contributed by atoms with E-state index in [0.717, 1.165) is 0 Å². The van der Waals surface area contributed by atoms with Gasteiger partial charge in [-0.2, -0.15) is 13.2 Å². The summed E-state index contributed by atoms with van der Waals surface area (Å²) in [6.07, 6.45) is -3.30. The van der Waals surface area contributed by atoms with Gasteiger partial charge in [0.15, 0.2) is 0 Å². The molecule has 0 atom stereocenters. The molecule has 26 heavy (non-hydrogen) atoms. The van der Waals surface area contributed by atoms with Crippen LogP contribution in [0.3, 0.4) is 0 Å². The van der Waals surface area contributed by atoms with Crippen molar-refractivity contribution >= 4 is 34.2 Å². The Morgan fingerprint density at radius 2 is 1.73 bits per heavy atom. The third-order valence-electron chi connectivity index (χ3n) is 4.86. The van der Waals surface area contributed by atoms with Gasteiger partial charge < -0.3 is 0 Å². The summed E-state index contributed by atoms with van der Waals surface area (Å²) < 4.78 is 40.9. The third kappa shape index (κ3) is 3.93. The molecule has 0 saturated heterocycles. The molecule has 3 rings (SSSR count). The van der Waals surface area contributed by atoms with Gasteiger partial charge in [0.25, 0.3) is 5.56 Å². The Morgan fingerprint density at radius 3 is 2.27 bits per heavy atom. The maximum atomic E-state index is 12.9. The fraction of sp³-hybridized carbons (Fsp3) is 0.444. The highest BCUT2D eigenvalue weighted by Crippen LogP contribution is 2.42. The number of alkyl halides is 3. The molecule has 8 heteroatoms. The van der Waals surface area contributed by atoms with Crippen molar-refractivity contribution in [3.05, 3.63) is 54.7 Å². The minimum absolute atomic E-state index is 0.0652. The minimum atomic E-state index is -4.16. The molecule has 3 nitrogen and oxygen atoms in total. The molecule has 140 valence electrons. The van der Waals surface area contributed by atoms with Gasteiger partial charge in [0, 0.05) is 10.9 Å². The summed E-state index contributed by atoms with van der Waals surface area (Å²) in [4.78, 5) is 17.4. The standard InChI is InChI=1S/C18H17ClF3IN2O/c1-10-15(23)17(26)25(14-8-6-13(19)7-9-14)16(24-10)11-2-4-12(5-3-11)18(20,21)22/h6-9,11-12H,2-5H2,1H3. The lowest BCUT2D eigenvalue weighted by molar-refractivity contribution is -0.182. The van der Waals surface area contributed by atoms with Crippen molar-refractivity contribution in [2.45, 2.75) is 44.7 Å². The van der Waals surface area contributed by atoms with Crippen LogP contribution in [0.25, 0.3) is 5.69 Å². The SMILES string of the molecule is Cc1nc(C2CCC(C(F)(F)F)CC2)n(-c2ccc(Cl)cc2)c(=O)c1I. The van der Waals surface area contributed by atoms with Gasteiger partial charge in [0.2, 0.25) is 0 Å². The Labute approximate surface area is 167 Å². The molecule has 1 aromatic carbocycles. The topological polar surface area (TPSA) is 34.9 Å². The number of nitrogens with zero attached hydrogens (tertiary/aromatic N) is 2. The molecule has 1 heterocycles. The highest BCUT2D eigenvalue weighted by molar-refractivity contribution is 14.1. The second kappa shape index (κ2) is 7.50. The molecule has 2 aromatic rings. The Kier molecular flexibility index (Phi) is 5.67. The number of aryl methyl sites for hydroxylation is 1. The van der Waals surface area contributed by atoms with Gasteiger partial charge in [-0.15, -0.1) is 0 Å². The largest absolute Gasteiger partial charge is 0.391 e. The zero-order chi connectivity index (χ0) is 19.1.